The van der Waals surface area contributed by atoms with Gasteiger partial charge in [0.05, 0.1) is 12.0 Å². The molecule has 3 rings (SSSR count). The van der Waals surface area contributed by atoms with E-state index in [1.165, 1.54) is 31.6 Å². The lowest BCUT2D eigenvalue weighted by atomic mass is 10.0. The van der Waals surface area contributed by atoms with Crippen LogP contribution in [0.15, 0.2) is 105 Å². The van der Waals surface area contributed by atoms with Crippen molar-refractivity contribution < 1.29 is 23.1 Å². The van der Waals surface area contributed by atoms with E-state index in [0.29, 0.717) is 17.1 Å². The van der Waals surface area contributed by atoms with Gasteiger partial charge in [-0.25, -0.2) is 5.06 Å². The molecule has 1 aliphatic heterocycles. The van der Waals surface area contributed by atoms with Crippen LogP contribution in [-0.2, 0) is 14.8 Å². The molecule has 0 saturated heterocycles. The first kappa shape index (κ1) is 22.3. The Morgan fingerprint density at radius 1 is 1.13 bits per heavy atom. The van der Waals surface area contributed by atoms with Gasteiger partial charge < -0.3 is 15.2 Å². The molecular formula is C22H23N3O5S. The second-order valence-electron chi connectivity index (χ2n) is 6.42. The molecule has 0 bridgehead atoms. The Balaban J connectivity index is 2.00. The minimum absolute atomic E-state index is 0.0346. The van der Waals surface area contributed by atoms with E-state index in [1.54, 1.807) is 54.7 Å². The van der Waals surface area contributed by atoms with Crippen LogP contribution in [0, 0.1) is 0 Å². The molecule has 1 aromatic rings. The Bertz CT molecular complexity index is 1110. The van der Waals surface area contributed by atoms with Crippen molar-refractivity contribution in [3.63, 3.8) is 0 Å². The average Bonchev–Trinajstić information content (AvgIpc) is 2.78. The summed E-state index contributed by atoms with van der Waals surface area (Å²) in [5, 5.41) is 10.3. The average molecular weight is 442 g/mol. The molecule has 3 N–H and O–H groups in total. The molecule has 8 nitrogen and oxygen atoms in total. The highest BCUT2D eigenvalue weighted by molar-refractivity contribution is 7.90. The van der Waals surface area contributed by atoms with E-state index < -0.39 is 10.0 Å². The molecule has 162 valence electrons. The highest BCUT2D eigenvalue weighted by atomic mass is 32.2. The van der Waals surface area contributed by atoms with Gasteiger partial charge in [-0.05, 0) is 48.1 Å². The fourth-order valence-electron chi connectivity index (χ4n) is 2.70. The van der Waals surface area contributed by atoms with Crippen molar-refractivity contribution in [3.05, 3.63) is 96.1 Å². The first-order valence-corrected chi connectivity index (χ1v) is 10.8. The van der Waals surface area contributed by atoms with Gasteiger partial charge in [0.15, 0.2) is 0 Å². The highest BCUT2D eigenvalue weighted by Gasteiger charge is 2.21. The van der Waals surface area contributed by atoms with Crippen LogP contribution in [0.5, 0.6) is 5.75 Å². The normalized spacial score (nSPS) is 18.5. The van der Waals surface area contributed by atoms with E-state index in [-0.39, 0.29) is 23.8 Å². The Labute approximate surface area is 181 Å². The van der Waals surface area contributed by atoms with E-state index in [0.717, 1.165) is 10.6 Å². The number of rotatable bonds is 7. The van der Waals surface area contributed by atoms with E-state index >= 15 is 0 Å². The molecule has 1 aliphatic carbocycles. The second-order valence-corrected chi connectivity index (χ2v) is 8.02. The minimum atomic E-state index is -4.01. The summed E-state index contributed by atoms with van der Waals surface area (Å²) in [6.45, 7) is 0.489. The third kappa shape index (κ3) is 5.82. The maximum Gasteiger partial charge on any atom is 0.283 e. The van der Waals surface area contributed by atoms with E-state index in [1.807, 2.05) is 0 Å². The van der Waals surface area contributed by atoms with Crippen LogP contribution >= 0.6 is 0 Å². The number of sulfonamides is 1. The van der Waals surface area contributed by atoms with Crippen LogP contribution in [0.4, 0.5) is 0 Å². The van der Waals surface area contributed by atoms with Crippen LogP contribution in [0.3, 0.4) is 0 Å². The van der Waals surface area contributed by atoms with Gasteiger partial charge in [-0.3, -0.25) is 5.21 Å². The lowest BCUT2D eigenvalue weighted by molar-refractivity contribution is 0.0105. The van der Waals surface area contributed by atoms with E-state index in [2.05, 4.69) is 4.40 Å². The molecule has 9 heteroatoms. The molecule has 1 aromatic carbocycles. The second kappa shape index (κ2) is 10.1. The third-order valence-electron chi connectivity index (χ3n) is 4.27. The number of ether oxygens (including phenoxy) is 2. The Hall–Kier alpha value is -3.40. The molecule has 31 heavy (non-hydrogen) atoms. The number of methoxy groups -OCH3 is 1. The van der Waals surface area contributed by atoms with Crippen molar-refractivity contribution in [2.75, 3.05) is 20.3 Å². The molecule has 0 spiro atoms. The summed E-state index contributed by atoms with van der Waals surface area (Å²) in [6, 6.07) is 5.99. The van der Waals surface area contributed by atoms with Gasteiger partial charge in [-0.15, -0.1) is 0 Å². The number of nitrogens with zero attached hydrogens (tertiary/aromatic N) is 2. The summed E-state index contributed by atoms with van der Waals surface area (Å²) < 4.78 is 40.7. The number of hydroxylamine groups is 2. The summed E-state index contributed by atoms with van der Waals surface area (Å²) in [4.78, 5) is 0.0346. The zero-order valence-corrected chi connectivity index (χ0v) is 17.7. The largest absolute Gasteiger partial charge is 0.497 e. The first-order valence-electron chi connectivity index (χ1n) is 9.39. The molecule has 0 fully saturated rings. The lowest BCUT2D eigenvalue weighted by Crippen LogP contribution is -2.17. The predicted octanol–water partition coefficient (Wildman–Crippen LogP) is 2.84. The smallest absolute Gasteiger partial charge is 0.283 e. The summed E-state index contributed by atoms with van der Waals surface area (Å²) in [5.74, 6) is 0.854. The summed E-state index contributed by atoms with van der Waals surface area (Å²) in [6.07, 6.45) is 15.0. The SMILES string of the molecule is COc1ccc(S(=O)(=O)N=C2C(=CC=C3C=CN(O)C=C3)C=CC=C2OCCN)cc1. The van der Waals surface area contributed by atoms with Gasteiger partial charge in [0.1, 0.15) is 23.8 Å². The van der Waals surface area contributed by atoms with Gasteiger partial charge in [0.2, 0.25) is 0 Å². The lowest BCUT2D eigenvalue weighted by Gasteiger charge is -2.16. The van der Waals surface area contributed by atoms with Gasteiger partial charge in [-0.2, -0.15) is 12.8 Å². The Morgan fingerprint density at radius 3 is 2.48 bits per heavy atom. The van der Waals surface area contributed by atoms with Gasteiger partial charge in [0.25, 0.3) is 10.0 Å². The topological polar surface area (TPSA) is 114 Å². The van der Waals surface area contributed by atoms with Crippen molar-refractivity contribution in [2.45, 2.75) is 4.90 Å². The summed E-state index contributed by atoms with van der Waals surface area (Å²) >= 11 is 0. The maximum absolute atomic E-state index is 12.9. The fraction of sp³-hybridized carbons (Fsp3) is 0.136. The van der Waals surface area contributed by atoms with Gasteiger partial charge in [0, 0.05) is 24.5 Å². The number of benzene rings is 1. The number of hydrogen-bond donors (Lipinski definition) is 2. The third-order valence-corrected chi connectivity index (χ3v) is 5.56. The number of allylic oxidation sites excluding steroid dienone is 9. The zero-order chi connectivity index (χ0) is 22.3. The predicted molar refractivity (Wildman–Crippen MR) is 118 cm³/mol. The molecule has 1 heterocycles. The fourth-order valence-corrected chi connectivity index (χ4v) is 3.73. The molecule has 0 amide bonds. The van der Waals surface area contributed by atoms with Gasteiger partial charge in [-0.1, -0.05) is 24.3 Å². The van der Waals surface area contributed by atoms with Crippen LogP contribution in [0.25, 0.3) is 0 Å². The molecule has 0 saturated carbocycles. The maximum atomic E-state index is 12.9. The van der Waals surface area contributed by atoms with Crippen molar-refractivity contribution in [1.29, 1.82) is 0 Å². The molecule has 2 aliphatic rings. The highest BCUT2D eigenvalue weighted by Crippen LogP contribution is 2.23. The number of hydrogen-bond acceptors (Lipinski definition) is 7. The first-order chi connectivity index (χ1) is 14.9. The standard InChI is InChI=1S/C22H23N3O5S/c1-29-19-7-9-20(10-8-19)31(27,28)24-22-18(3-2-4-21(22)30-16-13-23)6-5-17-11-14-25(26)15-12-17/h2-12,14-15,26H,13,16,23H2,1H3. The van der Waals surface area contributed by atoms with Crippen molar-refractivity contribution in [3.8, 4) is 5.75 Å². The van der Waals surface area contributed by atoms with Crippen molar-refractivity contribution in [1.82, 2.24) is 5.06 Å². The van der Waals surface area contributed by atoms with Crippen LogP contribution in [0.2, 0.25) is 0 Å². The molecule has 0 unspecified atom stereocenters. The van der Waals surface area contributed by atoms with E-state index in [4.69, 9.17) is 15.2 Å². The Kier molecular flexibility index (Phi) is 7.24. The molecule has 0 atom stereocenters. The van der Waals surface area contributed by atoms with Crippen molar-refractivity contribution >= 4 is 15.7 Å². The number of nitrogens with two attached hydrogens (primary N) is 1. The van der Waals surface area contributed by atoms with Crippen LogP contribution in [0.1, 0.15) is 0 Å². The van der Waals surface area contributed by atoms with Crippen LogP contribution in [-0.4, -0.2) is 44.7 Å². The monoisotopic (exact) mass is 441 g/mol. The Morgan fingerprint density at radius 2 is 1.84 bits per heavy atom. The molecular weight excluding hydrogens is 418 g/mol. The van der Waals surface area contributed by atoms with E-state index in [9.17, 15) is 13.6 Å². The summed E-state index contributed by atoms with van der Waals surface area (Å²) in [5.41, 5.74) is 7.07. The van der Waals surface area contributed by atoms with Crippen LogP contribution < -0.4 is 10.5 Å². The molecule has 0 radical (unpaired) electrons. The van der Waals surface area contributed by atoms with Crippen molar-refractivity contribution in [2.24, 2.45) is 10.1 Å². The summed E-state index contributed by atoms with van der Waals surface area (Å²) in [7, 11) is -2.50. The quantitative estimate of drug-likeness (QED) is 0.669. The molecule has 0 aromatic heterocycles. The minimum Gasteiger partial charge on any atom is -0.497 e. The zero-order valence-electron chi connectivity index (χ0n) is 16.9. The van der Waals surface area contributed by atoms with Gasteiger partial charge >= 0.3 is 0 Å².